The molecule has 0 heterocycles. The molecule has 0 aliphatic carbocycles. The Balaban J connectivity index is 2.08. The summed E-state index contributed by atoms with van der Waals surface area (Å²) in [4.78, 5) is 0. The van der Waals surface area contributed by atoms with Crippen LogP contribution in [0.5, 0.6) is 0 Å². The zero-order valence-electron chi connectivity index (χ0n) is 14.2. The smallest absolute Gasteiger partial charge is 0.383 e. The van der Waals surface area contributed by atoms with Crippen LogP contribution in [0.4, 0.5) is 30.2 Å². The van der Waals surface area contributed by atoms with Gasteiger partial charge in [0, 0.05) is 23.1 Å². The van der Waals surface area contributed by atoms with Crippen LogP contribution in [0.3, 0.4) is 0 Å². The molecule has 134 valence electrons. The lowest BCUT2D eigenvalue weighted by atomic mass is 10.1. The van der Waals surface area contributed by atoms with Gasteiger partial charge in [-0.3, -0.25) is 0 Å². The van der Waals surface area contributed by atoms with Gasteiger partial charge in [-0.15, -0.1) is 0 Å². The van der Waals surface area contributed by atoms with Crippen LogP contribution in [-0.4, -0.2) is 11.2 Å². The Kier molecular flexibility index (Phi) is 5.89. The van der Waals surface area contributed by atoms with Gasteiger partial charge in [0.25, 0.3) is 0 Å². The van der Waals surface area contributed by atoms with Crippen molar-refractivity contribution < 1.29 is 13.2 Å². The Morgan fingerprint density at radius 3 is 2.24 bits per heavy atom. The maximum Gasteiger partial charge on any atom is 0.416 e. The Labute approximate surface area is 150 Å². The first-order chi connectivity index (χ1) is 11.6. The lowest BCUT2D eigenvalue weighted by Gasteiger charge is -2.16. The number of nitrogens with one attached hydrogen (secondary N) is 3. The number of hydrogen-bond donors (Lipinski definition) is 3. The number of thiocarbonyl (C=S) groups is 1. The third kappa shape index (κ3) is 5.63. The molecule has 0 spiro atoms. The summed E-state index contributed by atoms with van der Waals surface area (Å²) in [6.45, 7) is 6.08. The summed E-state index contributed by atoms with van der Waals surface area (Å²) in [7, 11) is 0. The van der Waals surface area contributed by atoms with Crippen molar-refractivity contribution in [3.63, 3.8) is 0 Å². The van der Waals surface area contributed by atoms with Crippen molar-refractivity contribution in [1.82, 2.24) is 0 Å². The summed E-state index contributed by atoms with van der Waals surface area (Å²) >= 11 is 5.19. The number of alkyl halides is 3. The molecule has 0 aliphatic rings. The molecular weight excluding hydrogens is 347 g/mol. The number of halogens is 3. The van der Waals surface area contributed by atoms with Gasteiger partial charge >= 0.3 is 6.18 Å². The second-order valence-electron chi connectivity index (χ2n) is 5.99. The molecule has 2 aromatic carbocycles. The van der Waals surface area contributed by atoms with E-state index >= 15 is 0 Å². The van der Waals surface area contributed by atoms with E-state index in [1.54, 1.807) is 0 Å². The maximum atomic E-state index is 12.8. The first-order valence-corrected chi connectivity index (χ1v) is 8.18. The van der Waals surface area contributed by atoms with Crippen molar-refractivity contribution in [1.29, 1.82) is 0 Å². The second kappa shape index (κ2) is 7.74. The lowest BCUT2D eigenvalue weighted by molar-refractivity contribution is -0.137. The maximum absolute atomic E-state index is 12.8. The quantitative estimate of drug-likeness (QED) is 0.611. The van der Waals surface area contributed by atoms with Gasteiger partial charge < -0.3 is 16.0 Å². The number of aryl methyl sites for hydroxylation is 1. The highest BCUT2D eigenvalue weighted by Crippen LogP contribution is 2.30. The number of anilines is 3. The molecule has 0 amide bonds. The second-order valence-corrected chi connectivity index (χ2v) is 6.39. The zero-order valence-corrected chi connectivity index (χ0v) is 15.0. The summed E-state index contributed by atoms with van der Waals surface area (Å²) in [6, 6.07) is 10.9. The summed E-state index contributed by atoms with van der Waals surface area (Å²) in [5, 5.41) is 9.32. The summed E-state index contributed by atoms with van der Waals surface area (Å²) < 4.78 is 38.3. The largest absolute Gasteiger partial charge is 0.416 e. The molecule has 2 aromatic rings. The van der Waals surface area contributed by atoms with E-state index in [1.165, 1.54) is 12.1 Å². The predicted molar refractivity (Wildman–Crippen MR) is 101 cm³/mol. The molecule has 0 fully saturated rings. The Hall–Kier alpha value is -2.28. The summed E-state index contributed by atoms with van der Waals surface area (Å²) in [6.07, 6.45) is -4.39. The van der Waals surface area contributed by atoms with Crippen LogP contribution in [0.2, 0.25) is 0 Å². The Morgan fingerprint density at radius 1 is 1.00 bits per heavy atom. The first-order valence-electron chi connectivity index (χ1n) is 7.77. The molecule has 7 heteroatoms. The van der Waals surface area contributed by atoms with Crippen molar-refractivity contribution in [3.8, 4) is 0 Å². The first kappa shape index (κ1) is 19.1. The third-order valence-electron chi connectivity index (χ3n) is 3.39. The number of benzene rings is 2. The third-order valence-corrected chi connectivity index (χ3v) is 3.59. The summed E-state index contributed by atoms with van der Waals surface area (Å²) in [5.74, 6) is 0. The molecule has 0 aromatic heterocycles. The van der Waals surface area contributed by atoms with Crippen LogP contribution in [0, 0.1) is 6.92 Å². The van der Waals surface area contributed by atoms with E-state index in [-0.39, 0.29) is 16.8 Å². The van der Waals surface area contributed by atoms with E-state index in [0.29, 0.717) is 0 Å². The van der Waals surface area contributed by atoms with E-state index in [1.807, 2.05) is 39.0 Å². The molecular formula is C18H20F3N3S. The molecule has 2 rings (SSSR count). The minimum absolute atomic E-state index is 0.221. The van der Waals surface area contributed by atoms with E-state index in [4.69, 9.17) is 12.2 Å². The van der Waals surface area contributed by atoms with Gasteiger partial charge in [0.1, 0.15) is 0 Å². The lowest BCUT2D eigenvalue weighted by Crippen LogP contribution is -2.20. The van der Waals surface area contributed by atoms with E-state index < -0.39 is 11.7 Å². The van der Waals surface area contributed by atoms with Crippen LogP contribution in [0.15, 0.2) is 42.5 Å². The van der Waals surface area contributed by atoms with Crippen LogP contribution in [0.25, 0.3) is 0 Å². The molecule has 0 saturated heterocycles. The van der Waals surface area contributed by atoms with E-state index in [0.717, 1.165) is 29.1 Å². The molecule has 0 unspecified atom stereocenters. The fourth-order valence-corrected chi connectivity index (χ4v) is 2.47. The van der Waals surface area contributed by atoms with Crippen molar-refractivity contribution in [2.75, 3.05) is 16.0 Å². The van der Waals surface area contributed by atoms with Gasteiger partial charge in [-0.2, -0.15) is 13.2 Å². The Bertz CT molecular complexity index is 757. The standard InChI is InChI=1S/C18H20F3N3S/c1-11(2)22-16-10-15(8-7-12(16)3)24-17(25)23-14-6-4-5-13(9-14)18(19,20)21/h4-11,22H,1-3H3,(H2,23,24,25). The molecule has 0 radical (unpaired) electrons. The van der Waals surface area contributed by atoms with Crippen LogP contribution < -0.4 is 16.0 Å². The molecule has 0 saturated carbocycles. The van der Waals surface area contributed by atoms with E-state index in [9.17, 15) is 13.2 Å². The zero-order chi connectivity index (χ0) is 18.6. The normalized spacial score (nSPS) is 11.3. The van der Waals surface area contributed by atoms with Crippen molar-refractivity contribution in [2.24, 2.45) is 0 Å². The molecule has 3 N–H and O–H groups in total. The highest BCUT2D eigenvalue weighted by Gasteiger charge is 2.30. The average Bonchev–Trinajstić information content (AvgIpc) is 2.49. The molecule has 25 heavy (non-hydrogen) atoms. The highest BCUT2D eigenvalue weighted by atomic mass is 32.1. The minimum Gasteiger partial charge on any atom is -0.383 e. The molecule has 3 nitrogen and oxygen atoms in total. The van der Waals surface area contributed by atoms with Gasteiger partial charge in [-0.1, -0.05) is 12.1 Å². The van der Waals surface area contributed by atoms with Gasteiger partial charge in [0.15, 0.2) is 5.11 Å². The number of hydrogen-bond acceptors (Lipinski definition) is 2. The van der Waals surface area contributed by atoms with Gasteiger partial charge in [0.05, 0.1) is 5.56 Å². The highest BCUT2D eigenvalue weighted by molar-refractivity contribution is 7.80. The Morgan fingerprint density at radius 2 is 1.64 bits per heavy atom. The molecule has 0 bridgehead atoms. The molecule has 0 atom stereocenters. The average molecular weight is 367 g/mol. The topological polar surface area (TPSA) is 36.1 Å². The van der Waals surface area contributed by atoms with E-state index in [2.05, 4.69) is 16.0 Å². The van der Waals surface area contributed by atoms with Crippen LogP contribution in [-0.2, 0) is 6.18 Å². The summed E-state index contributed by atoms with van der Waals surface area (Å²) in [5.41, 5.74) is 2.37. The molecule has 0 aliphatic heterocycles. The van der Waals surface area contributed by atoms with Gasteiger partial charge in [0.2, 0.25) is 0 Å². The van der Waals surface area contributed by atoms with Gasteiger partial charge in [-0.05, 0) is 68.9 Å². The van der Waals surface area contributed by atoms with Crippen molar-refractivity contribution in [2.45, 2.75) is 33.0 Å². The fourth-order valence-electron chi connectivity index (χ4n) is 2.23. The predicted octanol–water partition coefficient (Wildman–Crippen LogP) is 5.64. The fraction of sp³-hybridized carbons (Fsp3) is 0.278. The van der Waals surface area contributed by atoms with Crippen LogP contribution in [0.1, 0.15) is 25.0 Å². The monoisotopic (exact) mass is 367 g/mol. The van der Waals surface area contributed by atoms with Crippen LogP contribution >= 0.6 is 12.2 Å². The number of rotatable bonds is 4. The van der Waals surface area contributed by atoms with Crippen molar-refractivity contribution in [3.05, 3.63) is 53.6 Å². The SMILES string of the molecule is Cc1ccc(NC(=S)Nc2cccc(C(F)(F)F)c2)cc1NC(C)C. The minimum atomic E-state index is -4.39. The van der Waals surface area contributed by atoms with Gasteiger partial charge in [-0.25, -0.2) is 0 Å². The van der Waals surface area contributed by atoms with Crippen molar-refractivity contribution >= 4 is 34.4 Å².